The van der Waals surface area contributed by atoms with Gasteiger partial charge in [0.2, 0.25) is 5.91 Å². The maximum absolute atomic E-state index is 14.0. The number of amides is 1. The molecule has 1 amide bonds. The molecule has 0 bridgehead atoms. The van der Waals surface area contributed by atoms with Crippen LogP contribution in [-0.2, 0) is 15.1 Å². The van der Waals surface area contributed by atoms with Crippen molar-refractivity contribution < 1.29 is 14.7 Å². The highest BCUT2D eigenvalue weighted by atomic mass is 35.5. The van der Waals surface area contributed by atoms with Gasteiger partial charge in [-0.25, -0.2) is 0 Å². The fourth-order valence-electron chi connectivity index (χ4n) is 6.47. The summed E-state index contributed by atoms with van der Waals surface area (Å²) in [5.74, 6) is -0.519. The Morgan fingerprint density at radius 3 is 2.67 bits per heavy atom. The third kappa shape index (κ3) is 3.30. The van der Waals surface area contributed by atoms with E-state index in [2.05, 4.69) is 15.5 Å². The van der Waals surface area contributed by atoms with Crippen molar-refractivity contribution in [2.24, 2.45) is 5.92 Å². The predicted octanol–water partition coefficient (Wildman–Crippen LogP) is 4.22. The minimum absolute atomic E-state index is 0.0450. The van der Waals surface area contributed by atoms with E-state index in [9.17, 15) is 14.7 Å². The summed E-state index contributed by atoms with van der Waals surface area (Å²) in [6.45, 7) is 0.815. The van der Waals surface area contributed by atoms with Crippen molar-refractivity contribution in [3.63, 3.8) is 0 Å². The molecule has 6 nitrogen and oxygen atoms in total. The summed E-state index contributed by atoms with van der Waals surface area (Å²) in [6.07, 6.45) is 3.08. The van der Waals surface area contributed by atoms with Gasteiger partial charge in [-0.15, -0.1) is 0 Å². The third-order valence-electron chi connectivity index (χ3n) is 7.80. The molecule has 172 valence electrons. The number of likely N-dealkylation sites (tertiary alicyclic amines) is 1. The molecular weight excluding hydrogens is 461 g/mol. The number of nitrogens with one attached hydrogen (secondary N) is 2. The van der Waals surface area contributed by atoms with Gasteiger partial charge in [-0.3, -0.25) is 14.5 Å². The van der Waals surface area contributed by atoms with Gasteiger partial charge in [0.15, 0.2) is 0 Å². The Morgan fingerprint density at radius 1 is 1.15 bits per heavy atom. The minimum Gasteiger partial charge on any atom is -0.481 e. The zero-order chi connectivity index (χ0) is 22.9. The standard InChI is InChI=1S/C25H25Cl2N3O3/c26-15-3-1-2-14(8-15)22-23-20(10-17(28-23)11-21(31)32)30(12-13-4-5-13)25(22)18-7-6-16(27)9-19(18)29-24(25)33/h1-3,6-9,13,17,20,22-23,28H,4-5,10-12H2,(H,29,33)(H,31,32). The van der Waals surface area contributed by atoms with E-state index in [0.29, 0.717) is 22.4 Å². The summed E-state index contributed by atoms with van der Waals surface area (Å²) in [6, 6.07) is 13.2. The van der Waals surface area contributed by atoms with Crippen molar-refractivity contribution in [2.75, 3.05) is 11.9 Å². The maximum atomic E-state index is 14.0. The van der Waals surface area contributed by atoms with E-state index in [1.165, 1.54) is 0 Å². The van der Waals surface area contributed by atoms with Crippen LogP contribution in [0.3, 0.4) is 0 Å². The summed E-state index contributed by atoms with van der Waals surface area (Å²) in [5.41, 5.74) is 1.78. The van der Waals surface area contributed by atoms with Crippen molar-refractivity contribution in [3.8, 4) is 0 Å². The molecule has 6 rings (SSSR count). The van der Waals surface area contributed by atoms with Gasteiger partial charge in [-0.2, -0.15) is 0 Å². The van der Waals surface area contributed by atoms with E-state index in [-0.39, 0.29) is 36.4 Å². The second-order valence-corrected chi connectivity index (χ2v) is 10.7. The molecule has 33 heavy (non-hydrogen) atoms. The third-order valence-corrected chi connectivity index (χ3v) is 8.27. The van der Waals surface area contributed by atoms with Gasteiger partial charge in [-0.05, 0) is 55.0 Å². The van der Waals surface area contributed by atoms with Gasteiger partial charge >= 0.3 is 5.97 Å². The molecule has 1 saturated carbocycles. The van der Waals surface area contributed by atoms with Crippen LogP contribution in [0.15, 0.2) is 42.5 Å². The van der Waals surface area contributed by atoms with Gasteiger partial charge in [0.1, 0.15) is 5.54 Å². The van der Waals surface area contributed by atoms with E-state index in [0.717, 1.165) is 36.2 Å². The molecule has 4 aliphatic rings. The van der Waals surface area contributed by atoms with Crippen LogP contribution in [0.25, 0.3) is 0 Å². The van der Waals surface area contributed by atoms with Crippen LogP contribution in [0.4, 0.5) is 5.69 Å². The molecule has 3 N–H and O–H groups in total. The van der Waals surface area contributed by atoms with Crippen LogP contribution in [0.2, 0.25) is 10.0 Å². The van der Waals surface area contributed by atoms with Gasteiger partial charge in [0, 0.05) is 51.9 Å². The summed E-state index contributed by atoms with van der Waals surface area (Å²) in [4.78, 5) is 27.9. The van der Waals surface area contributed by atoms with E-state index < -0.39 is 11.5 Å². The largest absolute Gasteiger partial charge is 0.481 e. The number of benzene rings is 2. The van der Waals surface area contributed by atoms with Crippen molar-refractivity contribution in [1.29, 1.82) is 0 Å². The van der Waals surface area contributed by atoms with Crippen LogP contribution >= 0.6 is 23.2 Å². The van der Waals surface area contributed by atoms with Gasteiger partial charge in [0.05, 0.1) is 6.42 Å². The second-order valence-electron chi connectivity index (χ2n) is 9.83. The van der Waals surface area contributed by atoms with Crippen molar-refractivity contribution >= 4 is 40.8 Å². The topological polar surface area (TPSA) is 81.7 Å². The first-order valence-corrected chi connectivity index (χ1v) is 12.2. The highest BCUT2D eigenvalue weighted by Gasteiger charge is 2.68. The Hall–Kier alpha value is -2.12. The molecule has 5 atom stereocenters. The van der Waals surface area contributed by atoms with E-state index in [1.807, 2.05) is 42.5 Å². The van der Waals surface area contributed by atoms with Crippen LogP contribution < -0.4 is 10.6 Å². The lowest BCUT2D eigenvalue weighted by molar-refractivity contribution is -0.137. The number of carbonyl (C=O) groups is 2. The SMILES string of the molecule is O=C(O)CC1CC2C(N1)C(c1cccc(Cl)c1)C1(C(=O)Nc3cc(Cl)ccc31)N2CC1CC1. The minimum atomic E-state index is -0.899. The zero-order valence-electron chi connectivity index (χ0n) is 17.9. The van der Waals surface area contributed by atoms with E-state index >= 15 is 0 Å². The first-order chi connectivity index (χ1) is 15.9. The number of halogens is 2. The molecule has 3 fully saturated rings. The fraction of sp³-hybridized carbons (Fsp3) is 0.440. The van der Waals surface area contributed by atoms with E-state index in [1.54, 1.807) is 0 Å². The number of hydrogen-bond acceptors (Lipinski definition) is 4. The lowest BCUT2D eigenvalue weighted by Crippen LogP contribution is -2.53. The number of nitrogens with zero attached hydrogens (tertiary/aromatic N) is 1. The average Bonchev–Trinajstić information content (AvgIpc) is 3.34. The zero-order valence-corrected chi connectivity index (χ0v) is 19.4. The van der Waals surface area contributed by atoms with Crippen LogP contribution in [0.5, 0.6) is 0 Å². The number of aliphatic carboxylic acids is 1. The van der Waals surface area contributed by atoms with Crippen molar-refractivity contribution in [3.05, 3.63) is 63.6 Å². The number of rotatable bonds is 5. The normalized spacial score (nSPS) is 32.7. The molecule has 8 heteroatoms. The lowest BCUT2D eigenvalue weighted by atomic mass is 9.74. The number of hydrogen-bond donors (Lipinski definition) is 3. The Kier molecular flexibility index (Phi) is 5.00. The van der Waals surface area contributed by atoms with Crippen molar-refractivity contribution in [1.82, 2.24) is 10.2 Å². The number of carboxylic acid groups (broad SMARTS) is 1. The summed E-state index contributed by atoms with van der Waals surface area (Å²) < 4.78 is 0. The summed E-state index contributed by atoms with van der Waals surface area (Å²) in [5, 5.41) is 17.4. The number of carbonyl (C=O) groups excluding carboxylic acids is 1. The highest BCUT2D eigenvalue weighted by Crippen LogP contribution is 2.60. The highest BCUT2D eigenvalue weighted by molar-refractivity contribution is 6.31. The maximum Gasteiger partial charge on any atom is 0.304 e. The molecule has 5 unspecified atom stereocenters. The molecule has 3 heterocycles. The van der Waals surface area contributed by atoms with Gasteiger partial charge in [-0.1, -0.05) is 41.4 Å². The Labute approximate surface area is 202 Å². The fourth-order valence-corrected chi connectivity index (χ4v) is 6.85. The van der Waals surface area contributed by atoms with Gasteiger partial charge in [0.25, 0.3) is 0 Å². The molecule has 0 radical (unpaired) electrons. The Balaban J connectivity index is 1.55. The summed E-state index contributed by atoms with van der Waals surface area (Å²) in [7, 11) is 0. The average molecular weight is 486 g/mol. The second kappa shape index (κ2) is 7.70. The molecule has 2 saturated heterocycles. The molecule has 1 aliphatic carbocycles. The number of fused-ring (bicyclic) bond motifs is 3. The van der Waals surface area contributed by atoms with Crippen LogP contribution in [0, 0.1) is 5.92 Å². The quantitative estimate of drug-likeness (QED) is 0.590. The van der Waals surface area contributed by atoms with Crippen molar-refractivity contribution in [2.45, 2.75) is 55.3 Å². The Bertz CT molecular complexity index is 1150. The number of carboxylic acids is 1. The summed E-state index contributed by atoms with van der Waals surface area (Å²) >= 11 is 12.7. The molecule has 2 aromatic carbocycles. The van der Waals surface area contributed by atoms with E-state index in [4.69, 9.17) is 23.2 Å². The molecule has 3 aliphatic heterocycles. The molecule has 0 aromatic heterocycles. The predicted molar refractivity (Wildman–Crippen MR) is 127 cm³/mol. The smallest absolute Gasteiger partial charge is 0.304 e. The lowest BCUT2D eigenvalue weighted by Gasteiger charge is -2.40. The first kappa shape index (κ1) is 21.4. The van der Waals surface area contributed by atoms with Crippen LogP contribution in [0.1, 0.15) is 42.7 Å². The van der Waals surface area contributed by atoms with Crippen LogP contribution in [-0.4, -0.2) is 46.6 Å². The Morgan fingerprint density at radius 2 is 1.94 bits per heavy atom. The molecule has 2 aromatic rings. The molecule has 1 spiro atoms. The monoisotopic (exact) mass is 485 g/mol. The first-order valence-electron chi connectivity index (χ1n) is 11.5. The van der Waals surface area contributed by atoms with Gasteiger partial charge < -0.3 is 15.7 Å². The number of anilines is 1. The molecular formula is C25H25Cl2N3O3.